The quantitative estimate of drug-likeness (QED) is 0.681. The van der Waals surface area contributed by atoms with Gasteiger partial charge in [-0.1, -0.05) is 0 Å². The summed E-state index contributed by atoms with van der Waals surface area (Å²) in [7, 11) is 0. The summed E-state index contributed by atoms with van der Waals surface area (Å²) in [6.07, 6.45) is 3.47. The van der Waals surface area contributed by atoms with Crippen molar-refractivity contribution in [3.63, 3.8) is 0 Å². The van der Waals surface area contributed by atoms with Crippen LogP contribution in [0.5, 0.6) is 0 Å². The molecule has 0 aliphatic carbocycles. The van der Waals surface area contributed by atoms with Gasteiger partial charge in [0.2, 0.25) is 0 Å². The third-order valence-corrected chi connectivity index (χ3v) is 3.88. The molecule has 6 nitrogen and oxygen atoms in total. The van der Waals surface area contributed by atoms with Crippen molar-refractivity contribution in [2.75, 3.05) is 25.2 Å². The normalized spacial score (nSPS) is 19.5. The van der Waals surface area contributed by atoms with Crippen LogP contribution in [0.4, 0.5) is 4.79 Å². The third kappa shape index (κ3) is 4.91. The van der Waals surface area contributed by atoms with E-state index in [1.54, 1.807) is 11.8 Å². The van der Waals surface area contributed by atoms with Gasteiger partial charge in [-0.15, -0.1) is 0 Å². The molecule has 0 aromatic carbocycles. The minimum Gasteiger partial charge on any atom is -0.480 e. The van der Waals surface area contributed by atoms with E-state index in [9.17, 15) is 14.7 Å². The number of hydrogen-bond donors (Lipinski definition) is 3. The molecular weight excluding hydrogens is 268 g/mol. The van der Waals surface area contributed by atoms with Gasteiger partial charge in [-0.2, -0.15) is 11.8 Å². The molecule has 0 radical (unpaired) electrons. The van der Waals surface area contributed by atoms with Gasteiger partial charge in [0.25, 0.3) is 0 Å². The highest BCUT2D eigenvalue weighted by atomic mass is 32.2. The van der Waals surface area contributed by atoms with Crippen LogP contribution >= 0.6 is 11.8 Å². The van der Waals surface area contributed by atoms with Crippen LogP contribution in [0.2, 0.25) is 0 Å². The predicted octanol–water partition coefficient (Wildman–Crippen LogP) is 1.06. The number of hydrogen-bond acceptors (Lipinski definition) is 4. The van der Waals surface area contributed by atoms with Crippen LogP contribution in [0.25, 0.3) is 0 Å². The smallest absolute Gasteiger partial charge is 0.329 e. The van der Waals surface area contributed by atoms with Crippen molar-refractivity contribution in [2.24, 2.45) is 0 Å². The van der Waals surface area contributed by atoms with E-state index in [1.165, 1.54) is 0 Å². The molecule has 0 spiro atoms. The van der Waals surface area contributed by atoms with Crippen LogP contribution in [-0.2, 0) is 9.53 Å². The van der Waals surface area contributed by atoms with Gasteiger partial charge in [0.15, 0.2) is 0 Å². The Balaban J connectivity index is 2.50. The fraction of sp³-hybridized carbons (Fsp3) is 0.833. The summed E-state index contributed by atoms with van der Waals surface area (Å²) >= 11 is 1.71. The molecule has 0 aromatic heterocycles. The lowest BCUT2D eigenvalue weighted by atomic mass is 9.90. The van der Waals surface area contributed by atoms with Crippen molar-refractivity contribution in [3.05, 3.63) is 0 Å². The Bertz CT molecular complexity index is 319. The summed E-state index contributed by atoms with van der Waals surface area (Å²) in [5.41, 5.74) is -1.19. The molecule has 3 N–H and O–H groups in total. The van der Waals surface area contributed by atoms with Crippen LogP contribution in [0.1, 0.15) is 26.2 Å². The number of amides is 2. The molecule has 0 bridgehead atoms. The maximum atomic E-state index is 11.9. The van der Waals surface area contributed by atoms with Crippen molar-refractivity contribution >= 4 is 23.8 Å². The maximum Gasteiger partial charge on any atom is 0.329 e. The summed E-state index contributed by atoms with van der Waals surface area (Å²) in [6.45, 7) is 2.62. The highest BCUT2D eigenvalue weighted by molar-refractivity contribution is 7.98. The van der Waals surface area contributed by atoms with Gasteiger partial charge in [-0.3, -0.25) is 0 Å². The number of rotatable bonds is 6. The minimum absolute atomic E-state index is 0.0261. The van der Waals surface area contributed by atoms with Gasteiger partial charge in [0, 0.05) is 32.1 Å². The number of carbonyl (C=O) groups excluding carboxylic acids is 1. The first-order valence-electron chi connectivity index (χ1n) is 6.39. The van der Waals surface area contributed by atoms with Crippen molar-refractivity contribution < 1.29 is 19.4 Å². The molecule has 1 rings (SSSR count). The largest absolute Gasteiger partial charge is 0.480 e. The lowest BCUT2D eigenvalue weighted by Gasteiger charge is -2.34. The monoisotopic (exact) mass is 290 g/mol. The number of carboxylic acid groups (broad SMARTS) is 1. The van der Waals surface area contributed by atoms with E-state index in [4.69, 9.17) is 4.74 Å². The van der Waals surface area contributed by atoms with Crippen molar-refractivity contribution in [2.45, 2.75) is 37.8 Å². The second kappa shape index (κ2) is 7.59. The molecule has 1 atom stereocenters. The standard InChI is InChI=1S/C12H22N2O4S/c1-9(3-8-19-2)13-11(17)14-12(10(15)16)4-6-18-7-5-12/h9H,3-8H2,1-2H3,(H,15,16)(H2,13,14,17). The molecule has 1 aliphatic rings. The molecule has 7 heteroatoms. The van der Waals surface area contributed by atoms with E-state index in [2.05, 4.69) is 10.6 Å². The Hall–Kier alpha value is -0.950. The molecule has 2 amide bonds. The van der Waals surface area contributed by atoms with Gasteiger partial charge < -0.3 is 20.5 Å². The zero-order chi connectivity index (χ0) is 14.3. The van der Waals surface area contributed by atoms with Gasteiger partial charge in [0.1, 0.15) is 5.54 Å². The minimum atomic E-state index is -1.19. The number of ether oxygens (including phenoxy) is 1. The number of nitrogens with one attached hydrogen (secondary N) is 2. The van der Waals surface area contributed by atoms with E-state index in [1.807, 2.05) is 13.2 Å². The molecule has 19 heavy (non-hydrogen) atoms. The summed E-state index contributed by atoms with van der Waals surface area (Å²) in [5, 5.41) is 14.7. The van der Waals surface area contributed by atoms with E-state index >= 15 is 0 Å². The van der Waals surface area contributed by atoms with Crippen molar-refractivity contribution in [3.8, 4) is 0 Å². The Morgan fingerprint density at radius 1 is 1.42 bits per heavy atom. The third-order valence-electron chi connectivity index (χ3n) is 3.24. The van der Waals surface area contributed by atoms with Crippen LogP contribution in [-0.4, -0.2) is 53.9 Å². The van der Waals surface area contributed by atoms with Crippen LogP contribution < -0.4 is 10.6 Å². The van der Waals surface area contributed by atoms with E-state index in [-0.39, 0.29) is 6.04 Å². The second-order valence-electron chi connectivity index (χ2n) is 4.78. The number of aliphatic carboxylic acids is 1. The Morgan fingerprint density at radius 2 is 2.05 bits per heavy atom. The van der Waals surface area contributed by atoms with Gasteiger partial charge >= 0.3 is 12.0 Å². The van der Waals surface area contributed by atoms with E-state index in [0.29, 0.717) is 26.1 Å². The first-order valence-corrected chi connectivity index (χ1v) is 7.78. The average molecular weight is 290 g/mol. The number of thioether (sulfide) groups is 1. The zero-order valence-corrected chi connectivity index (χ0v) is 12.2. The molecule has 0 aromatic rings. The Morgan fingerprint density at radius 3 is 2.58 bits per heavy atom. The first-order chi connectivity index (χ1) is 9.00. The summed E-state index contributed by atoms with van der Waals surface area (Å²) < 4.78 is 5.15. The SMILES string of the molecule is CSCCC(C)NC(=O)NC1(C(=O)O)CCOCC1. The lowest BCUT2D eigenvalue weighted by molar-refractivity contribution is -0.148. The molecule has 1 saturated heterocycles. The number of carboxylic acids is 1. The highest BCUT2D eigenvalue weighted by Gasteiger charge is 2.41. The molecule has 1 fully saturated rings. The molecule has 1 aliphatic heterocycles. The topological polar surface area (TPSA) is 87.7 Å². The molecular formula is C12H22N2O4S. The van der Waals surface area contributed by atoms with Crippen LogP contribution in [0, 0.1) is 0 Å². The van der Waals surface area contributed by atoms with E-state index < -0.39 is 17.5 Å². The van der Waals surface area contributed by atoms with Crippen LogP contribution in [0.15, 0.2) is 0 Å². The highest BCUT2D eigenvalue weighted by Crippen LogP contribution is 2.21. The first kappa shape index (κ1) is 16.1. The van der Waals surface area contributed by atoms with E-state index in [0.717, 1.165) is 12.2 Å². The average Bonchev–Trinajstić information content (AvgIpc) is 2.37. The zero-order valence-electron chi connectivity index (χ0n) is 11.4. The van der Waals surface area contributed by atoms with Crippen LogP contribution in [0.3, 0.4) is 0 Å². The molecule has 1 heterocycles. The van der Waals surface area contributed by atoms with Gasteiger partial charge in [-0.05, 0) is 25.4 Å². The second-order valence-corrected chi connectivity index (χ2v) is 5.77. The van der Waals surface area contributed by atoms with Crippen molar-refractivity contribution in [1.29, 1.82) is 0 Å². The number of urea groups is 1. The fourth-order valence-corrected chi connectivity index (χ4v) is 2.55. The van der Waals surface area contributed by atoms with Gasteiger partial charge in [-0.25, -0.2) is 9.59 Å². The molecule has 110 valence electrons. The van der Waals surface area contributed by atoms with Crippen molar-refractivity contribution in [1.82, 2.24) is 10.6 Å². The molecule has 0 saturated carbocycles. The Labute approximate surface area is 117 Å². The number of carbonyl (C=O) groups is 2. The fourth-order valence-electron chi connectivity index (χ4n) is 1.96. The maximum absolute atomic E-state index is 11.9. The Kier molecular flexibility index (Phi) is 6.44. The summed E-state index contributed by atoms with van der Waals surface area (Å²) in [5.74, 6) is -0.0398. The predicted molar refractivity (Wildman–Crippen MR) is 74.5 cm³/mol. The van der Waals surface area contributed by atoms with Gasteiger partial charge in [0.05, 0.1) is 0 Å². The summed E-state index contributed by atoms with van der Waals surface area (Å²) in [4.78, 5) is 23.2. The molecule has 1 unspecified atom stereocenters. The lowest BCUT2D eigenvalue weighted by Crippen LogP contribution is -2.60. The summed E-state index contributed by atoms with van der Waals surface area (Å²) in [6, 6.07) is -0.393.